The molecule has 0 bridgehead atoms. The molecule has 0 amide bonds. The normalized spacial score (nSPS) is 16.3. The molecule has 1 heterocycles. The van der Waals surface area contributed by atoms with Gasteiger partial charge >= 0.3 is 6.18 Å². The van der Waals surface area contributed by atoms with Crippen LogP contribution in [0.2, 0.25) is 5.02 Å². The van der Waals surface area contributed by atoms with E-state index < -0.39 is 25.1 Å². The summed E-state index contributed by atoms with van der Waals surface area (Å²) in [5.41, 5.74) is 0.290. The Kier molecular flexibility index (Phi) is 4.10. The fraction of sp³-hybridized carbons (Fsp3) is 0.500. The first-order valence-electron chi connectivity index (χ1n) is 5.70. The summed E-state index contributed by atoms with van der Waals surface area (Å²) in [4.78, 5) is 0. The van der Waals surface area contributed by atoms with Crippen molar-refractivity contribution in [2.75, 3.05) is 13.2 Å². The Morgan fingerprint density at radius 3 is 2.63 bits per heavy atom. The molecule has 0 radical (unpaired) electrons. The van der Waals surface area contributed by atoms with Gasteiger partial charge < -0.3 is 14.6 Å². The summed E-state index contributed by atoms with van der Waals surface area (Å²) in [5.74, 6) is 0.708. The van der Waals surface area contributed by atoms with Crippen LogP contribution in [0, 0.1) is 0 Å². The molecule has 106 valence electrons. The van der Waals surface area contributed by atoms with Crippen LogP contribution < -0.4 is 9.47 Å². The number of alkyl halides is 3. The van der Waals surface area contributed by atoms with E-state index >= 15 is 0 Å². The lowest BCUT2D eigenvalue weighted by atomic mass is 10.0. The van der Waals surface area contributed by atoms with Crippen molar-refractivity contribution in [2.24, 2.45) is 0 Å². The second-order valence-corrected chi connectivity index (χ2v) is 4.60. The number of hydrogen-bond acceptors (Lipinski definition) is 3. The summed E-state index contributed by atoms with van der Waals surface area (Å²) in [7, 11) is 0. The van der Waals surface area contributed by atoms with E-state index in [4.69, 9.17) is 21.1 Å². The van der Waals surface area contributed by atoms with Gasteiger partial charge in [-0.1, -0.05) is 11.6 Å². The Morgan fingerprint density at radius 1 is 1.26 bits per heavy atom. The van der Waals surface area contributed by atoms with Crippen molar-refractivity contribution in [3.8, 4) is 11.5 Å². The summed E-state index contributed by atoms with van der Waals surface area (Å²) >= 11 is 5.94. The minimum Gasteiger partial charge on any atom is -0.486 e. The average Bonchev–Trinajstić information content (AvgIpc) is 2.35. The molecule has 19 heavy (non-hydrogen) atoms. The highest BCUT2D eigenvalue weighted by molar-refractivity contribution is 6.32. The summed E-state index contributed by atoms with van der Waals surface area (Å²) in [6.07, 6.45) is -7.01. The largest absolute Gasteiger partial charge is 0.486 e. The molecule has 1 aliphatic heterocycles. The Morgan fingerprint density at radius 2 is 1.95 bits per heavy atom. The second-order valence-electron chi connectivity index (χ2n) is 4.20. The zero-order valence-electron chi connectivity index (χ0n) is 9.84. The van der Waals surface area contributed by atoms with E-state index in [9.17, 15) is 18.3 Å². The van der Waals surface area contributed by atoms with Crippen LogP contribution in [0.25, 0.3) is 0 Å². The summed E-state index contributed by atoms with van der Waals surface area (Å²) in [6, 6.07) is 2.86. The van der Waals surface area contributed by atoms with Gasteiger partial charge in [0.05, 0.1) is 11.1 Å². The van der Waals surface area contributed by atoms with Crippen LogP contribution in [-0.4, -0.2) is 24.5 Å². The predicted molar refractivity (Wildman–Crippen MR) is 62.7 cm³/mol. The molecule has 1 aromatic rings. The van der Waals surface area contributed by atoms with Crippen molar-refractivity contribution in [3.05, 3.63) is 22.7 Å². The monoisotopic (exact) mass is 296 g/mol. The molecule has 2 rings (SSSR count). The highest BCUT2D eigenvalue weighted by Gasteiger charge is 2.29. The molecular weight excluding hydrogens is 285 g/mol. The number of hydrogen-bond donors (Lipinski definition) is 1. The van der Waals surface area contributed by atoms with Gasteiger partial charge in [-0.05, 0) is 24.1 Å². The minimum absolute atomic E-state index is 0.221. The molecule has 1 aromatic carbocycles. The number of halogens is 4. The van der Waals surface area contributed by atoms with E-state index in [0.29, 0.717) is 30.3 Å². The first-order chi connectivity index (χ1) is 8.87. The summed E-state index contributed by atoms with van der Waals surface area (Å²) < 4.78 is 46.9. The van der Waals surface area contributed by atoms with Crippen LogP contribution >= 0.6 is 11.6 Å². The number of aliphatic hydroxyl groups excluding tert-OH is 1. The lowest BCUT2D eigenvalue weighted by molar-refractivity contribution is -0.140. The standard InChI is InChI=1S/C12H12ClF3O3/c13-8-5-7(9(17)1-2-12(14,15)16)6-10-11(8)19-4-3-18-10/h5-6,9,17H,1-4H2. The van der Waals surface area contributed by atoms with E-state index in [1.165, 1.54) is 12.1 Å². The molecule has 0 saturated heterocycles. The highest BCUT2D eigenvalue weighted by atomic mass is 35.5. The molecule has 0 spiro atoms. The van der Waals surface area contributed by atoms with Crippen LogP contribution in [0.1, 0.15) is 24.5 Å². The van der Waals surface area contributed by atoms with E-state index in [2.05, 4.69) is 0 Å². The zero-order chi connectivity index (χ0) is 14.0. The van der Waals surface area contributed by atoms with E-state index in [0.717, 1.165) is 0 Å². The third kappa shape index (κ3) is 3.67. The number of aliphatic hydroxyl groups is 1. The smallest absolute Gasteiger partial charge is 0.389 e. The van der Waals surface area contributed by atoms with Gasteiger partial charge in [-0.3, -0.25) is 0 Å². The van der Waals surface area contributed by atoms with Crippen molar-refractivity contribution in [1.82, 2.24) is 0 Å². The Hall–Kier alpha value is -1.14. The Labute approximate surface area is 112 Å². The van der Waals surface area contributed by atoms with Gasteiger partial charge in [0.2, 0.25) is 0 Å². The van der Waals surface area contributed by atoms with Crippen molar-refractivity contribution < 1.29 is 27.8 Å². The maximum Gasteiger partial charge on any atom is 0.389 e. The molecule has 1 N–H and O–H groups in total. The number of rotatable bonds is 3. The topological polar surface area (TPSA) is 38.7 Å². The lowest BCUT2D eigenvalue weighted by Crippen LogP contribution is -2.16. The lowest BCUT2D eigenvalue weighted by Gasteiger charge is -2.21. The second kappa shape index (κ2) is 5.46. The minimum atomic E-state index is -4.29. The van der Waals surface area contributed by atoms with Crippen LogP contribution in [0.15, 0.2) is 12.1 Å². The van der Waals surface area contributed by atoms with Gasteiger partial charge in [0.1, 0.15) is 13.2 Å². The Balaban J connectivity index is 2.14. The van der Waals surface area contributed by atoms with Crippen LogP contribution in [-0.2, 0) is 0 Å². The fourth-order valence-corrected chi connectivity index (χ4v) is 2.06. The fourth-order valence-electron chi connectivity index (χ4n) is 1.79. The summed E-state index contributed by atoms with van der Waals surface area (Å²) in [5, 5.41) is 9.98. The number of ether oxygens (including phenoxy) is 2. The highest BCUT2D eigenvalue weighted by Crippen LogP contribution is 2.40. The van der Waals surface area contributed by atoms with Gasteiger partial charge in [0.25, 0.3) is 0 Å². The van der Waals surface area contributed by atoms with Crippen molar-refractivity contribution in [3.63, 3.8) is 0 Å². The van der Waals surface area contributed by atoms with Crippen molar-refractivity contribution in [1.29, 1.82) is 0 Å². The van der Waals surface area contributed by atoms with Gasteiger partial charge in [-0.2, -0.15) is 13.2 Å². The molecule has 3 nitrogen and oxygen atoms in total. The molecule has 1 atom stereocenters. The molecule has 0 saturated carbocycles. The van der Waals surface area contributed by atoms with Crippen LogP contribution in [0.3, 0.4) is 0 Å². The van der Waals surface area contributed by atoms with Crippen LogP contribution in [0.4, 0.5) is 13.2 Å². The Bertz CT molecular complexity index is 462. The van der Waals surface area contributed by atoms with Gasteiger partial charge in [0, 0.05) is 6.42 Å². The maximum atomic E-state index is 12.1. The van der Waals surface area contributed by atoms with Gasteiger partial charge in [0.15, 0.2) is 11.5 Å². The number of fused-ring (bicyclic) bond motifs is 1. The van der Waals surface area contributed by atoms with E-state index in [1.54, 1.807) is 0 Å². The van der Waals surface area contributed by atoms with Gasteiger partial charge in [-0.25, -0.2) is 0 Å². The van der Waals surface area contributed by atoms with Crippen molar-refractivity contribution in [2.45, 2.75) is 25.1 Å². The van der Waals surface area contributed by atoms with Gasteiger partial charge in [-0.15, -0.1) is 0 Å². The van der Waals surface area contributed by atoms with E-state index in [1.807, 2.05) is 0 Å². The third-order valence-electron chi connectivity index (χ3n) is 2.71. The first kappa shape index (κ1) is 14.3. The quantitative estimate of drug-likeness (QED) is 0.928. The molecular formula is C12H12ClF3O3. The molecule has 1 unspecified atom stereocenters. The molecule has 0 aromatic heterocycles. The molecule has 7 heteroatoms. The molecule has 1 aliphatic rings. The van der Waals surface area contributed by atoms with Crippen LogP contribution in [0.5, 0.6) is 11.5 Å². The first-order valence-corrected chi connectivity index (χ1v) is 6.08. The average molecular weight is 297 g/mol. The van der Waals surface area contributed by atoms with Crippen molar-refractivity contribution >= 4 is 11.6 Å². The molecule has 0 aliphatic carbocycles. The summed E-state index contributed by atoms with van der Waals surface area (Å²) in [6.45, 7) is 0.703. The zero-order valence-corrected chi connectivity index (χ0v) is 10.6. The third-order valence-corrected chi connectivity index (χ3v) is 2.99. The maximum absolute atomic E-state index is 12.1. The molecule has 0 fully saturated rings. The predicted octanol–water partition coefficient (Wildman–Crippen LogP) is 3.49. The van der Waals surface area contributed by atoms with E-state index in [-0.39, 0.29) is 5.02 Å². The SMILES string of the molecule is OC(CCC(F)(F)F)c1cc(Cl)c2c(c1)OCCO2. The number of benzene rings is 1.